The minimum atomic E-state index is -0.00212. The maximum Gasteiger partial charge on any atom is 0.187 e. The van der Waals surface area contributed by atoms with E-state index in [2.05, 4.69) is 21.2 Å². The highest BCUT2D eigenvalue weighted by molar-refractivity contribution is 9.10. The van der Waals surface area contributed by atoms with Crippen LogP contribution in [0.1, 0.15) is 21.5 Å². The van der Waals surface area contributed by atoms with Crippen molar-refractivity contribution < 1.29 is 4.79 Å². The van der Waals surface area contributed by atoms with Gasteiger partial charge in [0.2, 0.25) is 0 Å². The van der Waals surface area contributed by atoms with Crippen molar-refractivity contribution in [2.75, 3.05) is 5.32 Å². The molecule has 0 aliphatic carbocycles. The number of halogens is 1. The van der Waals surface area contributed by atoms with E-state index < -0.39 is 0 Å². The Labute approximate surface area is 127 Å². The molecule has 1 N–H and O–H groups in total. The lowest BCUT2D eigenvalue weighted by atomic mass is 10.0. The first-order chi connectivity index (χ1) is 9.56. The smallest absolute Gasteiger partial charge is 0.187 e. The lowest BCUT2D eigenvalue weighted by Crippen LogP contribution is -1.97. The monoisotopic (exact) mass is 329 g/mol. The number of hydrogen-bond donors (Lipinski definition) is 1. The van der Waals surface area contributed by atoms with Gasteiger partial charge in [-0.05, 0) is 55.3 Å². The maximum atomic E-state index is 12.0. The molecule has 0 bridgehead atoms. The van der Waals surface area contributed by atoms with E-state index in [4.69, 9.17) is 0 Å². The Morgan fingerprint density at radius 3 is 2.40 bits per heavy atom. The van der Waals surface area contributed by atoms with Crippen molar-refractivity contribution in [2.24, 2.45) is 0 Å². The summed E-state index contributed by atoms with van der Waals surface area (Å²) in [6.07, 6.45) is 3.22. The number of rotatable bonds is 4. The quantitative estimate of drug-likeness (QED) is 0.640. The van der Waals surface area contributed by atoms with Gasteiger partial charge in [-0.25, -0.2) is 0 Å². The standard InChI is InChI=1S/C17H16BrNO/c1-12-3-4-14(11-13(12)2)17(20)9-10-19-16-7-5-15(18)6-8-16/h3-11,19H,1-2H3/b10-9+. The number of nitrogens with one attached hydrogen (secondary N) is 1. The number of allylic oxidation sites excluding steroid dienone is 1. The number of aryl methyl sites for hydroxylation is 2. The molecule has 0 saturated heterocycles. The molecule has 3 heteroatoms. The zero-order valence-corrected chi connectivity index (χ0v) is 13.1. The van der Waals surface area contributed by atoms with E-state index in [1.54, 1.807) is 12.3 Å². The summed E-state index contributed by atoms with van der Waals surface area (Å²) in [6, 6.07) is 13.5. The predicted octanol–water partition coefficient (Wildman–Crippen LogP) is 4.87. The van der Waals surface area contributed by atoms with Crippen LogP contribution >= 0.6 is 15.9 Å². The van der Waals surface area contributed by atoms with Crippen molar-refractivity contribution in [1.29, 1.82) is 0 Å². The maximum absolute atomic E-state index is 12.0. The minimum Gasteiger partial charge on any atom is -0.362 e. The summed E-state index contributed by atoms with van der Waals surface area (Å²) in [5, 5.41) is 3.08. The lowest BCUT2D eigenvalue weighted by Gasteiger charge is -2.02. The Balaban J connectivity index is 2.01. The summed E-state index contributed by atoms with van der Waals surface area (Å²) in [6.45, 7) is 4.05. The van der Waals surface area contributed by atoms with Crippen molar-refractivity contribution in [3.63, 3.8) is 0 Å². The van der Waals surface area contributed by atoms with Gasteiger partial charge in [0.25, 0.3) is 0 Å². The summed E-state index contributed by atoms with van der Waals surface area (Å²) < 4.78 is 1.03. The molecule has 2 rings (SSSR count). The molecule has 2 aromatic rings. The normalized spacial score (nSPS) is 10.8. The van der Waals surface area contributed by atoms with Gasteiger partial charge < -0.3 is 5.32 Å². The van der Waals surface area contributed by atoms with Gasteiger partial charge in [-0.15, -0.1) is 0 Å². The highest BCUT2D eigenvalue weighted by Crippen LogP contribution is 2.14. The first-order valence-corrected chi connectivity index (χ1v) is 7.16. The Hall–Kier alpha value is -1.87. The van der Waals surface area contributed by atoms with Crippen LogP contribution in [0.2, 0.25) is 0 Å². The Morgan fingerprint density at radius 1 is 1.05 bits per heavy atom. The third-order valence-electron chi connectivity index (χ3n) is 3.12. The van der Waals surface area contributed by atoms with Crippen LogP contribution in [0.15, 0.2) is 59.2 Å². The van der Waals surface area contributed by atoms with E-state index >= 15 is 0 Å². The first-order valence-electron chi connectivity index (χ1n) is 6.36. The van der Waals surface area contributed by atoms with Crippen LogP contribution in [0, 0.1) is 13.8 Å². The van der Waals surface area contributed by atoms with E-state index in [0.29, 0.717) is 5.56 Å². The highest BCUT2D eigenvalue weighted by Gasteiger charge is 2.02. The van der Waals surface area contributed by atoms with Crippen molar-refractivity contribution >= 4 is 27.4 Å². The average Bonchev–Trinajstić information content (AvgIpc) is 2.44. The van der Waals surface area contributed by atoms with Crippen LogP contribution in [-0.2, 0) is 0 Å². The van der Waals surface area contributed by atoms with Gasteiger partial charge in [-0.2, -0.15) is 0 Å². The zero-order valence-electron chi connectivity index (χ0n) is 11.5. The minimum absolute atomic E-state index is 0.00212. The second-order valence-electron chi connectivity index (χ2n) is 4.65. The SMILES string of the molecule is Cc1ccc(C(=O)/C=C/Nc2ccc(Br)cc2)cc1C. The van der Waals surface area contributed by atoms with E-state index in [9.17, 15) is 4.79 Å². The summed E-state index contributed by atoms with van der Waals surface area (Å²) in [5.41, 5.74) is 3.97. The van der Waals surface area contributed by atoms with Crippen molar-refractivity contribution in [3.05, 3.63) is 75.9 Å². The molecule has 0 aromatic heterocycles. The lowest BCUT2D eigenvalue weighted by molar-refractivity contribution is 0.104. The first kappa shape index (κ1) is 14.5. The summed E-state index contributed by atoms with van der Waals surface area (Å²) >= 11 is 3.38. The molecule has 20 heavy (non-hydrogen) atoms. The topological polar surface area (TPSA) is 29.1 Å². The molecule has 0 unspecified atom stereocenters. The molecule has 0 aliphatic rings. The molecule has 0 atom stereocenters. The van der Waals surface area contributed by atoms with E-state index in [0.717, 1.165) is 15.7 Å². The van der Waals surface area contributed by atoms with E-state index in [1.165, 1.54) is 5.56 Å². The predicted molar refractivity (Wildman–Crippen MR) is 87.2 cm³/mol. The zero-order chi connectivity index (χ0) is 14.5. The number of anilines is 1. The molecule has 0 saturated carbocycles. The second-order valence-corrected chi connectivity index (χ2v) is 5.56. The van der Waals surface area contributed by atoms with Crippen LogP contribution in [-0.4, -0.2) is 5.78 Å². The van der Waals surface area contributed by atoms with Gasteiger partial charge in [0.15, 0.2) is 5.78 Å². The van der Waals surface area contributed by atoms with E-state index in [1.807, 2.05) is 56.3 Å². The molecule has 0 radical (unpaired) electrons. The number of carbonyl (C=O) groups excluding carboxylic acids is 1. The third kappa shape index (κ3) is 3.81. The molecule has 2 nitrogen and oxygen atoms in total. The van der Waals surface area contributed by atoms with Gasteiger partial charge in [0.05, 0.1) is 0 Å². The molecular formula is C17H16BrNO. The largest absolute Gasteiger partial charge is 0.362 e. The fraction of sp³-hybridized carbons (Fsp3) is 0.118. The number of hydrogen-bond acceptors (Lipinski definition) is 2. The van der Waals surface area contributed by atoms with E-state index in [-0.39, 0.29) is 5.78 Å². The van der Waals surface area contributed by atoms with Gasteiger partial charge in [-0.1, -0.05) is 28.1 Å². The van der Waals surface area contributed by atoms with Crippen molar-refractivity contribution in [3.8, 4) is 0 Å². The van der Waals surface area contributed by atoms with Crippen LogP contribution in [0.4, 0.5) is 5.69 Å². The van der Waals surface area contributed by atoms with Gasteiger partial charge in [0.1, 0.15) is 0 Å². The molecule has 0 heterocycles. The highest BCUT2D eigenvalue weighted by atomic mass is 79.9. The summed E-state index contributed by atoms with van der Waals surface area (Å²) in [7, 11) is 0. The van der Waals surface area contributed by atoms with Gasteiger partial charge in [0, 0.05) is 28.0 Å². The molecule has 0 amide bonds. The third-order valence-corrected chi connectivity index (χ3v) is 3.65. The summed E-state index contributed by atoms with van der Waals surface area (Å²) in [4.78, 5) is 12.0. The fourth-order valence-electron chi connectivity index (χ4n) is 1.75. The number of ketones is 1. The summed E-state index contributed by atoms with van der Waals surface area (Å²) in [5.74, 6) is -0.00212. The molecule has 0 fully saturated rings. The van der Waals surface area contributed by atoms with Crippen molar-refractivity contribution in [1.82, 2.24) is 0 Å². The van der Waals surface area contributed by atoms with Crippen LogP contribution < -0.4 is 5.32 Å². The Kier molecular flexibility index (Phi) is 4.74. The van der Waals surface area contributed by atoms with Crippen molar-refractivity contribution in [2.45, 2.75) is 13.8 Å². The second kappa shape index (κ2) is 6.53. The van der Waals surface area contributed by atoms with Gasteiger partial charge in [-0.3, -0.25) is 4.79 Å². The molecular weight excluding hydrogens is 314 g/mol. The van der Waals surface area contributed by atoms with Gasteiger partial charge >= 0.3 is 0 Å². The number of benzene rings is 2. The van der Waals surface area contributed by atoms with Crippen LogP contribution in [0.5, 0.6) is 0 Å². The molecule has 102 valence electrons. The van der Waals surface area contributed by atoms with Crippen LogP contribution in [0.3, 0.4) is 0 Å². The molecule has 2 aromatic carbocycles. The van der Waals surface area contributed by atoms with Crippen LogP contribution in [0.25, 0.3) is 0 Å². The number of carbonyl (C=O) groups is 1. The molecule has 0 aliphatic heterocycles. The molecule has 0 spiro atoms. The average molecular weight is 330 g/mol. The Bertz CT molecular complexity index is 645. The fourth-order valence-corrected chi connectivity index (χ4v) is 2.01. The Morgan fingerprint density at radius 2 is 1.75 bits per heavy atom.